The summed E-state index contributed by atoms with van der Waals surface area (Å²) in [6.45, 7) is 0. The minimum atomic E-state index is -1.02. The Morgan fingerprint density at radius 1 is 1.10 bits per heavy atom. The SMILES string of the molecule is O=C(O)N(c1ccccc1)c1cccc2c1C[C@H](O)CC2. The van der Waals surface area contributed by atoms with Gasteiger partial charge < -0.3 is 10.2 Å². The number of hydrogen-bond acceptors (Lipinski definition) is 2. The molecule has 0 aliphatic heterocycles. The van der Waals surface area contributed by atoms with Crippen LogP contribution in [0, 0.1) is 0 Å². The first-order valence-electron chi connectivity index (χ1n) is 7.04. The molecular formula is C17H17NO3. The fraction of sp³-hybridized carbons (Fsp3) is 0.235. The fourth-order valence-corrected chi connectivity index (χ4v) is 2.89. The molecule has 0 fully saturated rings. The van der Waals surface area contributed by atoms with E-state index in [0.717, 1.165) is 24.0 Å². The third kappa shape index (κ3) is 2.62. The van der Waals surface area contributed by atoms with Crippen molar-refractivity contribution in [1.29, 1.82) is 0 Å². The predicted molar refractivity (Wildman–Crippen MR) is 81.1 cm³/mol. The van der Waals surface area contributed by atoms with E-state index in [4.69, 9.17) is 0 Å². The number of aliphatic hydroxyl groups excluding tert-OH is 1. The highest BCUT2D eigenvalue weighted by Crippen LogP contribution is 2.34. The summed E-state index contributed by atoms with van der Waals surface area (Å²) >= 11 is 0. The normalized spacial score (nSPS) is 17.1. The van der Waals surface area contributed by atoms with Gasteiger partial charge in [-0.2, -0.15) is 0 Å². The standard InChI is InChI=1S/C17H17NO3/c19-14-10-9-12-5-4-8-16(15(12)11-14)18(17(20)21)13-6-2-1-3-7-13/h1-8,14,19H,9-11H2,(H,20,21)/t14-/m1/s1. The maximum Gasteiger partial charge on any atom is 0.416 e. The van der Waals surface area contributed by atoms with Crippen molar-refractivity contribution in [1.82, 2.24) is 0 Å². The number of fused-ring (bicyclic) bond motifs is 1. The van der Waals surface area contributed by atoms with Crippen LogP contribution in [0.3, 0.4) is 0 Å². The molecule has 0 spiro atoms. The summed E-state index contributed by atoms with van der Waals surface area (Å²) in [6, 6.07) is 14.7. The van der Waals surface area contributed by atoms with Crippen molar-refractivity contribution < 1.29 is 15.0 Å². The Labute approximate surface area is 123 Å². The molecule has 3 rings (SSSR count). The van der Waals surface area contributed by atoms with Gasteiger partial charge in [-0.15, -0.1) is 0 Å². The molecule has 0 unspecified atom stereocenters. The molecule has 0 saturated carbocycles. The lowest BCUT2D eigenvalue weighted by Gasteiger charge is -2.28. The molecule has 1 amide bonds. The van der Waals surface area contributed by atoms with Gasteiger partial charge in [0.2, 0.25) is 0 Å². The Bertz CT molecular complexity index is 654. The summed E-state index contributed by atoms with van der Waals surface area (Å²) in [5, 5.41) is 19.5. The van der Waals surface area contributed by atoms with Gasteiger partial charge in [0.15, 0.2) is 0 Å². The molecule has 0 bridgehead atoms. The molecule has 1 aliphatic carbocycles. The van der Waals surface area contributed by atoms with E-state index in [-0.39, 0.29) is 0 Å². The van der Waals surface area contributed by atoms with Gasteiger partial charge in [0.05, 0.1) is 17.5 Å². The molecule has 0 heterocycles. The monoisotopic (exact) mass is 283 g/mol. The van der Waals surface area contributed by atoms with Crippen molar-refractivity contribution in [3.8, 4) is 0 Å². The van der Waals surface area contributed by atoms with Crippen molar-refractivity contribution in [3.05, 3.63) is 59.7 Å². The number of para-hydroxylation sites is 1. The average Bonchev–Trinajstić information content (AvgIpc) is 2.49. The zero-order chi connectivity index (χ0) is 14.8. The molecule has 2 aromatic rings. The Kier molecular flexibility index (Phi) is 3.62. The van der Waals surface area contributed by atoms with E-state index in [2.05, 4.69) is 0 Å². The molecule has 21 heavy (non-hydrogen) atoms. The largest absolute Gasteiger partial charge is 0.464 e. The van der Waals surface area contributed by atoms with Crippen molar-refractivity contribution in [2.45, 2.75) is 25.4 Å². The van der Waals surface area contributed by atoms with Gasteiger partial charge in [0, 0.05) is 6.42 Å². The smallest absolute Gasteiger partial charge is 0.416 e. The fourth-order valence-electron chi connectivity index (χ4n) is 2.89. The molecule has 0 radical (unpaired) electrons. The molecule has 1 atom stereocenters. The number of aliphatic hydroxyl groups is 1. The Morgan fingerprint density at radius 2 is 1.86 bits per heavy atom. The second kappa shape index (κ2) is 5.58. The van der Waals surface area contributed by atoms with Gasteiger partial charge >= 0.3 is 6.09 Å². The second-order valence-electron chi connectivity index (χ2n) is 5.26. The number of aryl methyl sites for hydroxylation is 1. The van der Waals surface area contributed by atoms with Crippen molar-refractivity contribution in [2.75, 3.05) is 4.90 Å². The lowest BCUT2D eigenvalue weighted by Crippen LogP contribution is -2.27. The summed E-state index contributed by atoms with van der Waals surface area (Å²) in [4.78, 5) is 13.0. The number of rotatable bonds is 2. The van der Waals surface area contributed by atoms with Gasteiger partial charge in [0.25, 0.3) is 0 Å². The topological polar surface area (TPSA) is 60.8 Å². The highest BCUT2D eigenvalue weighted by atomic mass is 16.4. The molecule has 2 aromatic carbocycles. The summed E-state index contributed by atoms with van der Waals surface area (Å²) in [7, 11) is 0. The van der Waals surface area contributed by atoms with E-state index >= 15 is 0 Å². The maximum atomic E-state index is 11.7. The Balaban J connectivity index is 2.11. The van der Waals surface area contributed by atoms with Crippen LogP contribution in [0.2, 0.25) is 0 Å². The number of nitrogens with zero attached hydrogens (tertiary/aromatic N) is 1. The van der Waals surface area contributed by atoms with E-state index < -0.39 is 12.2 Å². The van der Waals surface area contributed by atoms with Crippen molar-refractivity contribution in [3.63, 3.8) is 0 Å². The van der Waals surface area contributed by atoms with Gasteiger partial charge in [-0.3, -0.25) is 0 Å². The van der Waals surface area contributed by atoms with Gasteiger partial charge in [0.1, 0.15) is 0 Å². The quantitative estimate of drug-likeness (QED) is 0.888. The van der Waals surface area contributed by atoms with Crippen LogP contribution < -0.4 is 4.90 Å². The highest BCUT2D eigenvalue weighted by Gasteiger charge is 2.25. The third-order valence-corrected chi connectivity index (χ3v) is 3.88. The molecule has 108 valence electrons. The minimum Gasteiger partial charge on any atom is -0.464 e. The van der Waals surface area contributed by atoms with Crippen LogP contribution in [0.15, 0.2) is 48.5 Å². The number of amides is 1. The predicted octanol–water partition coefficient (Wildman–Crippen LogP) is 3.35. The third-order valence-electron chi connectivity index (χ3n) is 3.88. The lowest BCUT2D eigenvalue weighted by atomic mass is 9.88. The summed E-state index contributed by atoms with van der Waals surface area (Å²) in [5.74, 6) is 0. The first-order valence-corrected chi connectivity index (χ1v) is 7.04. The lowest BCUT2D eigenvalue weighted by molar-refractivity contribution is 0.158. The molecular weight excluding hydrogens is 266 g/mol. The van der Waals surface area contributed by atoms with Gasteiger partial charge in [-0.25, -0.2) is 9.69 Å². The molecule has 0 saturated heterocycles. The second-order valence-corrected chi connectivity index (χ2v) is 5.26. The van der Waals surface area contributed by atoms with Crippen molar-refractivity contribution in [2.24, 2.45) is 0 Å². The molecule has 0 aromatic heterocycles. The van der Waals surface area contributed by atoms with E-state index in [0.29, 0.717) is 17.8 Å². The first kappa shape index (κ1) is 13.6. The van der Waals surface area contributed by atoms with Crippen LogP contribution in [-0.4, -0.2) is 22.4 Å². The highest BCUT2D eigenvalue weighted by molar-refractivity contribution is 5.95. The van der Waals surface area contributed by atoms with E-state index in [9.17, 15) is 15.0 Å². The van der Waals surface area contributed by atoms with E-state index in [1.54, 1.807) is 18.2 Å². The van der Waals surface area contributed by atoms with Gasteiger partial charge in [-0.1, -0.05) is 30.3 Å². The first-order chi connectivity index (χ1) is 10.2. The number of anilines is 2. The average molecular weight is 283 g/mol. The summed E-state index contributed by atoms with van der Waals surface area (Å²) < 4.78 is 0. The summed E-state index contributed by atoms with van der Waals surface area (Å²) in [5.41, 5.74) is 3.31. The Morgan fingerprint density at radius 3 is 2.57 bits per heavy atom. The maximum absolute atomic E-state index is 11.7. The summed E-state index contributed by atoms with van der Waals surface area (Å²) in [6.07, 6.45) is 0.601. The van der Waals surface area contributed by atoms with Crippen LogP contribution >= 0.6 is 0 Å². The number of benzene rings is 2. The Hall–Kier alpha value is -2.33. The molecule has 4 heteroatoms. The number of hydrogen-bond donors (Lipinski definition) is 2. The van der Waals surface area contributed by atoms with Crippen LogP contribution in [0.4, 0.5) is 16.2 Å². The molecule has 4 nitrogen and oxygen atoms in total. The molecule has 2 N–H and O–H groups in total. The van der Waals surface area contributed by atoms with E-state index in [1.807, 2.05) is 30.3 Å². The van der Waals surface area contributed by atoms with Crippen LogP contribution in [0.1, 0.15) is 17.5 Å². The van der Waals surface area contributed by atoms with Gasteiger partial charge in [-0.05, 0) is 42.2 Å². The minimum absolute atomic E-state index is 0.398. The number of carboxylic acid groups (broad SMARTS) is 1. The van der Waals surface area contributed by atoms with Crippen LogP contribution in [0.25, 0.3) is 0 Å². The van der Waals surface area contributed by atoms with Crippen LogP contribution in [-0.2, 0) is 12.8 Å². The zero-order valence-electron chi connectivity index (χ0n) is 11.6. The molecule has 1 aliphatic rings. The van der Waals surface area contributed by atoms with Crippen LogP contribution in [0.5, 0.6) is 0 Å². The zero-order valence-corrected chi connectivity index (χ0v) is 11.6. The van der Waals surface area contributed by atoms with Crippen molar-refractivity contribution >= 4 is 17.5 Å². The van der Waals surface area contributed by atoms with E-state index in [1.165, 1.54) is 4.90 Å². The number of carbonyl (C=O) groups is 1.